The van der Waals surface area contributed by atoms with E-state index in [4.69, 9.17) is 0 Å². The van der Waals surface area contributed by atoms with Gasteiger partial charge in [-0.1, -0.05) is 32.0 Å². The summed E-state index contributed by atoms with van der Waals surface area (Å²) in [4.78, 5) is 25.8. The molecule has 1 amide bonds. The molecule has 0 unspecified atom stereocenters. The zero-order valence-electron chi connectivity index (χ0n) is 13.2. The van der Waals surface area contributed by atoms with Crippen LogP contribution in [0.2, 0.25) is 0 Å². The first-order valence-electron chi connectivity index (χ1n) is 7.89. The fourth-order valence-electron chi connectivity index (χ4n) is 3.61. The monoisotopic (exact) mass is 298 g/mol. The smallest absolute Gasteiger partial charge is 0.242 e. The molecule has 1 aromatic heterocycles. The Morgan fingerprint density at radius 3 is 2.59 bits per heavy atom. The van der Waals surface area contributed by atoms with E-state index >= 15 is 0 Å². The highest BCUT2D eigenvalue weighted by molar-refractivity contribution is 5.98. The fraction of sp³-hybridized carbons (Fsp3) is 0.444. The maximum absolute atomic E-state index is 12.6. The largest absolute Gasteiger partial charge is 0.341 e. The average Bonchev–Trinajstić information content (AvgIpc) is 2.84. The van der Waals surface area contributed by atoms with Gasteiger partial charge in [-0.15, -0.1) is 0 Å². The Hall–Kier alpha value is -2.10. The number of fused-ring (bicyclic) bond motifs is 1. The lowest BCUT2D eigenvalue weighted by Crippen LogP contribution is -2.43. The zero-order valence-corrected chi connectivity index (χ0v) is 13.2. The summed E-state index contributed by atoms with van der Waals surface area (Å²) in [5, 5.41) is 0.908. The summed E-state index contributed by atoms with van der Waals surface area (Å²) in [5.74, 6) is 1.25. The van der Waals surface area contributed by atoms with Gasteiger partial charge in [0.05, 0.1) is 0 Å². The van der Waals surface area contributed by atoms with Crippen molar-refractivity contribution in [1.82, 2.24) is 9.47 Å². The van der Waals surface area contributed by atoms with Crippen LogP contribution in [0.1, 0.15) is 30.6 Å². The van der Waals surface area contributed by atoms with E-state index < -0.39 is 0 Å². The minimum Gasteiger partial charge on any atom is -0.341 e. The number of carbonyl (C=O) groups is 2. The van der Waals surface area contributed by atoms with Gasteiger partial charge in [0.2, 0.25) is 5.91 Å². The minimum atomic E-state index is 0.136. The van der Waals surface area contributed by atoms with Crippen LogP contribution in [0.25, 0.3) is 10.9 Å². The summed E-state index contributed by atoms with van der Waals surface area (Å²) in [6.45, 7) is 6.37. The standard InChI is InChI=1S/C18H22N2O2/c1-13-7-14(2)9-20(8-13)18(22)11-19-10-15(12-21)16-5-3-4-6-17(16)19/h3-6,10,12-14H,7-9,11H2,1-2H3/t13-,14+. The molecule has 0 radical (unpaired) electrons. The van der Waals surface area contributed by atoms with Gasteiger partial charge < -0.3 is 9.47 Å². The number of benzene rings is 1. The Kier molecular flexibility index (Phi) is 4.01. The number of hydrogen-bond acceptors (Lipinski definition) is 2. The third kappa shape index (κ3) is 2.78. The van der Waals surface area contributed by atoms with Crippen molar-refractivity contribution in [2.75, 3.05) is 13.1 Å². The Morgan fingerprint density at radius 2 is 1.91 bits per heavy atom. The predicted molar refractivity (Wildman–Crippen MR) is 86.9 cm³/mol. The van der Waals surface area contributed by atoms with E-state index in [-0.39, 0.29) is 5.91 Å². The third-order valence-corrected chi connectivity index (χ3v) is 4.47. The van der Waals surface area contributed by atoms with E-state index in [0.717, 1.165) is 30.3 Å². The molecular formula is C18H22N2O2. The van der Waals surface area contributed by atoms with Gasteiger partial charge in [-0.3, -0.25) is 9.59 Å². The summed E-state index contributed by atoms with van der Waals surface area (Å²) in [5.41, 5.74) is 1.58. The number of piperidine rings is 1. The number of amides is 1. The summed E-state index contributed by atoms with van der Waals surface area (Å²) in [6, 6.07) is 7.72. The maximum atomic E-state index is 12.6. The molecule has 1 aliphatic rings. The maximum Gasteiger partial charge on any atom is 0.242 e. The first-order valence-corrected chi connectivity index (χ1v) is 7.89. The molecule has 4 nitrogen and oxygen atoms in total. The van der Waals surface area contributed by atoms with Gasteiger partial charge in [0.1, 0.15) is 6.54 Å². The Morgan fingerprint density at radius 1 is 1.23 bits per heavy atom. The minimum absolute atomic E-state index is 0.136. The van der Waals surface area contributed by atoms with Crippen molar-refractivity contribution in [3.05, 3.63) is 36.0 Å². The van der Waals surface area contributed by atoms with E-state index in [1.807, 2.05) is 33.7 Å². The van der Waals surface area contributed by atoms with Crippen LogP contribution in [0.5, 0.6) is 0 Å². The molecule has 2 aromatic rings. The van der Waals surface area contributed by atoms with Crippen molar-refractivity contribution in [2.45, 2.75) is 26.8 Å². The van der Waals surface area contributed by atoms with Crippen LogP contribution in [-0.2, 0) is 11.3 Å². The van der Waals surface area contributed by atoms with Crippen LogP contribution in [0.15, 0.2) is 30.5 Å². The van der Waals surface area contributed by atoms with Gasteiger partial charge in [0.25, 0.3) is 0 Å². The summed E-state index contributed by atoms with van der Waals surface area (Å²) >= 11 is 0. The second kappa shape index (κ2) is 5.95. The van der Waals surface area contributed by atoms with Crippen LogP contribution in [0.4, 0.5) is 0 Å². The molecule has 2 atom stereocenters. The van der Waals surface area contributed by atoms with Crippen molar-refractivity contribution < 1.29 is 9.59 Å². The molecule has 4 heteroatoms. The van der Waals surface area contributed by atoms with E-state index in [0.29, 0.717) is 23.9 Å². The molecule has 1 aromatic carbocycles. The SMILES string of the molecule is C[C@@H]1C[C@H](C)CN(C(=O)Cn2cc(C=O)c3ccccc32)C1. The van der Waals surface area contributed by atoms with Crippen LogP contribution in [0, 0.1) is 11.8 Å². The Bertz CT molecular complexity index is 694. The van der Waals surface area contributed by atoms with Crippen molar-refractivity contribution in [3.63, 3.8) is 0 Å². The summed E-state index contributed by atoms with van der Waals surface area (Å²) in [6.07, 6.45) is 3.83. The highest BCUT2D eigenvalue weighted by atomic mass is 16.2. The number of para-hydroxylation sites is 1. The molecule has 0 bridgehead atoms. The summed E-state index contributed by atoms with van der Waals surface area (Å²) in [7, 11) is 0. The second-order valence-electron chi connectivity index (χ2n) is 6.59. The van der Waals surface area contributed by atoms with Gasteiger partial charge in [-0.2, -0.15) is 0 Å². The van der Waals surface area contributed by atoms with Crippen molar-refractivity contribution in [2.24, 2.45) is 11.8 Å². The van der Waals surface area contributed by atoms with Gasteiger partial charge in [0.15, 0.2) is 6.29 Å². The van der Waals surface area contributed by atoms with E-state index in [2.05, 4.69) is 13.8 Å². The van der Waals surface area contributed by atoms with Gasteiger partial charge in [-0.25, -0.2) is 0 Å². The number of hydrogen-bond donors (Lipinski definition) is 0. The molecule has 0 saturated carbocycles. The van der Waals surface area contributed by atoms with Crippen molar-refractivity contribution >= 4 is 23.1 Å². The molecule has 0 aliphatic carbocycles. The lowest BCUT2D eigenvalue weighted by atomic mass is 9.92. The van der Waals surface area contributed by atoms with Crippen LogP contribution in [0.3, 0.4) is 0 Å². The number of rotatable bonds is 3. The molecule has 1 saturated heterocycles. The second-order valence-corrected chi connectivity index (χ2v) is 6.59. The highest BCUT2D eigenvalue weighted by Crippen LogP contribution is 2.23. The van der Waals surface area contributed by atoms with Gasteiger partial charge in [-0.05, 0) is 24.3 Å². The molecule has 3 rings (SSSR count). The molecule has 0 N–H and O–H groups in total. The van der Waals surface area contributed by atoms with Crippen molar-refractivity contribution in [3.8, 4) is 0 Å². The van der Waals surface area contributed by atoms with Gasteiger partial charge >= 0.3 is 0 Å². The van der Waals surface area contributed by atoms with E-state index in [1.54, 1.807) is 6.20 Å². The average molecular weight is 298 g/mol. The van der Waals surface area contributed by atoms with Gasteiger partial charge in [0, 0.05) is 35.8 Å². The lowest BCUT2D eigenvalue weighted by molar-refractivity contribution is -0.134. The topological polar surface area (TPSA) is 42.3 Å². The number of nitrogens with zero attached hydrogens (tertiary/aromatic N) is 2. The predicted octanol–water partition coefficient (Wildman–Crippen LogP) is 2.96. The molecule has 0 spiro atoms. The highest BCUT2D eigenvalue weighted by Gasteiger charge is 2.25. The number of aromatic nitrogens is 1. The molecule has 116 valence electrons. The molecule has 22 heavy (non-hydrogen) atoms. The van der Waals surface area contributed by atoms with E-state index in [1.165, 1.54) is 6.42 Å². The normalized spacial score (nSPS) is 22.0. The van der Waals surface area contributed by atoms with Crippen molar-refractivity contribution in [1.29, 1.82) is 0 Å². The van der Waals surface area contributed by atoms with Crippen LogP contribution < -0.4 is 0 Å². The third-order valence-electron chi connectivity index (χ3n) is 4.47. The molecule has 1 aliphatic heterocycles. The first kappa shape index (κ1) is 14.8. The van der Waals surface area contributed by atoms with E-state index in [9.17, 15) is 9.59 Å². The molecular weight excluding hydrogens is 276 g/mol. The Balaban J connectivity index is 1.84. The molecule has 2 heterocycles. The number of carbonyl (C=O) groups excluding carboxylic acids is 2. The Labute approximate surface area is 130 Å². The fourth-order valence-corrected chi connectivity index (χ4v) is 3.61. The quantitative estimate of drug-likeness (QED) is 0.818. The zero-order chi connectivity index (χ0) is 15.7. The molecule has 1 fully saturated rings. The number of aldehydes is 1. The number of likely N-dealkylation sites (tertiary alicyclic amines) is 1. The van der Waals surface area contributed by atoms with Crippen LogP contribution in [-0.4, -0.2) is 34.7 Å². The first-order chi connectivity index (χ1) is 10.6. The van der Waals surface area contributed by atoms with Crippen LogP contribution >= 0.6 is 0 Å². The lowest BCUT2D eigenvalue weighted by Gasteiger charge is -2.35. The summed E-state index contributed by atoms with van der Waals surface area (Å²) < 4.78 is 1.89.